The number of carbonyl (C=O) groups excluding carboxylic acids is 1. The molecule has 0 bridgehead atoms. The molecule has 1 aromatic heterocycles. The second-order valence-electron chi connectivity index (χ2n) is 6.49. The highest BCUT2D eigenvalue weighted by molar-refractivity contribution is 14.1. The average molecular weight is 541 g/mol. The molecule has 3 rings (SSSR count). The molecule has 8 heteroatoms. The smallest absolute Gasteiger partial charge is 0.350 e. The van der Waals surface area contributed by atoms with Gasteiger partial charge < -0.3 is 14.3 Å². The van der Waals surface area contributed by atoms with E-state index in [2.05, 4.69) is 27.7 Å². The lowest BCUT2D eigenvalue weighted by Crippen LogP contribution is -2.17. The van der Waals surface area contributed by atoms with Crippen molar-refractivity contribution in [2.45, 2.75) is 13.8 Å². The van der Waals surface area contributed by atoms with Gasteiger partial charge in [0.15, 0.2) is 0 Å². The van der Waals surface area contributed by atoms with Crippen LogP contribution in [-0.4, -0.2) is 20.2 Å². The lowest BCUT2D eigenvalue weighted by Gasteiger charge is -2.20. The lowest BCUT2D eigenvalue weighted by atomic mass is 10.2. The van der Waals surface area contributed by atoms with E-state index in [0.29, 0.717) is 15.9 Å². The zero-order valence-electron chi connectivity index (χ0n) is 16.5. The number of rotatable bonds is 6. The fourth-order valence-corrected chi connectivity index (χ4v) is 6.15. The number of ether oxygens (including phenoxy) is 1. The Labute approximate surface area is 188 Å². The lowest BCUT2D eigenvalue weighted by molar-refractivity contribution is 0.0607. The molecule has 0 aliphatic heterocycles. The van der Waals surface area contributed by atoms with Crippen LogP contribution in [0.4, 0.5) is 5.69 Å². The first-order valence-electron chi connectivity index (χ1n) is 8.77. The molecule has 0 aliphatic rings. The summed E-state index contributed by atoms with van der Waals surface area (Å²) in [5.74, 6) is -0.488. The molecule has 1 heterocycles. The Morgan fingerprint density at radius 2 is 1.76 bits per heavy atom. The van der Waals surface area contributed by atoms with Crippen molar-refractivity contribution in [3.63, 3.8) is 0 Å². The molecule has 1 atom stereocenters. The van der Waals surface area contributed by atoms with Gasteiger partial charge in [0.2, 0.25) is 0 Å². The van der Waals surface area contributed by atoms with Crippen LogP contribution >= 0.6 is 41.4 Å². The molecule has 0 saturated carbocycles. The second kappa shape index (κ2) is 9.00. The van der Waals surface area contributed by atoms with Crippen LogP contribution in [0.25, 0.3) is 10.4 Å². The van der Waals surface area contributed by atoms with Crippen molar-refractivity contribution >= 4 is 58.4 Å². The van der Waals surface area contributed by atoms with Crippen molar-refractivity contribution in [2.75, 3.05) is 19.3 Å². The summed E-state index contributed by atoms with van der Waals surface area (Å²) >= 11 is 3.53. The number of hydrogen-bond donors (Lipinski definition) is 1. The molecule has 0 spiro atoms. The van der Waals surface area contributed by atoms with Gasteiger partial charge in [-0.05, 0) is 71.8 Å². The van der Waals surface area contributed by atoms with Crippen LogP contribution in [0.2, 0.25) is 0 Å². The Morgan fingerprint density at radius 3 is 2.34 bits per heavy atom. The maximum Gasteiger partial charge on any atom is 0.350 e. The number of hydrogen-bond acceptors (Lipinski definition) is 5. The number of thiophene rings is 1. The number of esters is 1. The van der Waals surface area contributed by atoms with Gasteiger partial charge >= 0.3 is 13.5 Å². The number of halogens is 1. The fourth-order valence-electron chi connectivity index (χ4n) is 2.97. The highest BCUT2D eigenvalue weighted by Crippen LogP contribution is 2.48. The minimum Gasteiger partial charge on any atom is -0.465 e. The Morgan fingerprint density at radius 1 is 1.07 bits per heavy atom. The van der Waals surface area contributed by atoms with E-state index in [1.54, 1.807) is 6.07 Å². The largest absolute Gasteiger partial charge is 0.465 e. The van der Waals surface area contributed by atoms with Gasteiger partial charge in [-0.2, -0.15) is 0 Å². The molecule has 0 amide bonds. The van der Waals surface area contributed by atoms with Crippen LogP contribution in [0.3, 0.4) is 0 Å². The predicted octanol–water partition coefficient (Wildman–Crippen LogP) is 6.00. The number of aryl methyl sites for hydroxylation is 2. The third-order valence-electron chi connectivity index (χ3n) is 4.43. The Bertz CT molecular complexity index is 1090. The van der Waals surface area contributed by atoms with Crippen molar-refractivity contribution in [2.24, 2.45) is 0 Å². The molecular weight excluding hydrogens is 520 g/mol. The van der Waals surface area contributed by atoms with Gasteiger partial charge in [-0.25, -0.2) is 4.79 Å². The van der Waals surface area contributed by atoms with E-state index in [9.17, 15) is 9.36 Å². The molecule has 1 N–H and O–H groups in total. The molecule has 1 unspecified atom stereocenters. The molecule has 2 aromatic carbocycles. The van der Waals surface area contributed by atoms with Crippen molar-refractivity contribution in [3.05, 3.63) is 68.1 Å². The maximum atomic E-state index is 13.7. The van der Waals surface area contributed by atoms with E-state index in [1.807, 2.05) is 56.3 Å². The molecule has 5 nitrogen and oxygen atoms in total. The molecule has 0 fully saturated rings. The zero-order valence-corrected chi connectivity index (χ0v) is 20.4. The quantitative estimate of drug-likeness (QED) is 0.236. The van der Waals surface area contributed by atoms with Gasteiger partial charge in [0.1, 0.15) is 4.88 Å². The molecule has 0 aliphatic carbocycles. The van der Waals surface area contributed by atoms with Crippen LogP contribution in [0.5, 0.6) is 0 Å². The molecule has 29 heavy (non-hydrogen) atoms. The summed E-state index contributed by atoms with van der Waals surface area (Å²) < 4.78 is 25.2. The van der Waals surface area contributed by atoms with Gasteiger partial charge in [-0.1, -0.05) is 29.8 Å². The fraction of sp³-hybridized carbons (Fsp3) is 0.190. The number of benzene rings is 2. The topological polar surface area (TPSA) is 64.6 Å². The van der Waals surface area contributed by atoms with E-state index in [-0.39, 0.29) is 0 Å². The van der Waals surface area contributed by atoms with Crippen molar-refractivity contribution in [1.29, 1.82) is 0 Å². The standard InChI is InChI=1S/C21H21INO4PS/c1-13-5-10-18(14(2)11-13)28(25,27-4)23-17-12-19(29-20(17)21(24)26-3)15-6-8-16(22)9-7-15/h5-12H,1-4H3,(H,23,25). The number of methoxy groups -OCH3 is 1. The first kappa shape index (κ1) is 22.0. The highest BCUT2D eigenvalue weighted by atomic mass is 127. The van der Waals surface area contributed by atoms with E-state index in [0.717, 1.165) is 25.1 Å². The molecule has 152 valence electrons. The molecule has 0 saturated heterocycles. The maximum absolute atomic E-state index is 13.7. The van der Waals surface area contributed by atoms with Gasteiger partial charge in [-0.15, -0.1) is 11.3 Å². The third-order valence-corrected chi connectivity index (χ3v) is 8.49. The first-order valence-corrected chi connectivity index (χ1v) is 12.3. The van der Waals surface area contributed by atoms with Gasteiger partial charge in [0.25, 0.3) is 0 Å². The van der Waals surface area contributed by atoms with Crippen LogP contribution in [0, 0.1) is 17.4 Å². The van der Waals surface area contributed by atoms with E-state index < -0.39 is 13.5 Å². The summed E-state index contributed by atoms with van der Waals surface area (Å²) in [5.41, 5.74) is 3.32. The number of nitrogens with one attached hydrogen (secondary N) is 1. The van der Waals surface area contributed by atoms with E-state index >= 15 is 0 Å². The van der Waals surface area contributed by atoms with Gasteiger partial charge in [0.05, 0.1) is 18.1 Å². The van der Waals surface area contributed by atoms with Gasteiger partial charge in [0, 0.05) is 15.6 Å². The van der Waals surface area contributed by atoms with Crippen LogP contribution in [0.1, 0.15) is 20.8 Å². The minimum absolute atomic E-state index is 0.350. The van der Waals surface area contributed by atoms with E-state index in [1.165, 1.54) is 25.6 Å². The molecular formula is C21H21INO4PS. The van der Waals surface area contributed by atoms with Crippen molar-refractivity contribution in [3.8, 4) is 10.4 Å². The summed E-state index contributed by atoms with van der Waals surface area (Å²) in [6, 6.07) is 15.4. The number of anilines is 1. The Kier molecular flexibility index (Phi) is 6.83. The SMILES string of the molecule is COC(=O)c1sc(-c2ccc(I)cc2)cc1NP(=O)(OC)c1ccc(C)cc1C. The van der Waals surface area contributed by atoms with Crippen molar-refractivity contribution < 1.29 is 18.6 Å². The summed E-state index contributed by atoms with van der Waals surface area (Å²) in [4.78, 5) is 13.6. The Balaban J connectivity index is 2.07. The average Bonchev–Trinajstić information content (AvgIpc) is 3.11. The summed E-state index contributed by atoms with van der Waals surface area (Å²) in [5, 5.41) is 3.58. The summed E-state index contributed by atoms with van der Waals surface area (Å²) in [7, 11) is -0.718. The Hall–Kier alpha value is -1.67. The first-order chi connectivity index (χ1) is 13.8. The third kappa shape index (κ3) is 4.74. The summed E-state index contributed by atoms with van der Waals surface area (Å²) in [6.45, 7) is 3.87. The van der Waals surface area contributed by atoms with Gasteiger partial charge in [-0.3, -0.25) is 4.57 Å². The number of carbonyl (C=O) groups is 1. The normalized spacial score (nSPS) is 13.0. The highest BCUT2D eigenvalue weighted by Gasteiger charge is 2.30. The van der Waals surface area contributed by atoms with Crippen molar-refractivity contribution in [1.82, 2.24) is 0 Å². The molecule has 0 radical (unpaired) electrons. The van der Waals surface area contributed by atoms with E-state index in [4.69, 9.17) is 9.26 Å². The second-order valence-corrected chi connectivity index (χ2v) is 11.0. The van der Waals surface area contributed by atoms with Crippen LogP contribution < -0.4 is 10.4 Å². The molecule has 3 aromatic rings. The zero-order chi connectivity index (χ0) is 21.2. The van der Waals surface area contributed by atoms with Crippen LogP contribution in [-0.2, 0) is 13.8 Å². The monoisotopic (exact) mass is 541 g/mol. The predicted molar refractivity (Wildman–Crippen MR) is 128 cm³/mol. The summed E-state index contributed by atoms with van der Waals surface area (Å²) in [6.07, 6.45) is 0. The van der Waals surface area contributed by atoms with Crippen LogP contribution in [0.15, 0.2) is 48.5 Å². The minimum atomic E-state index is -3.45.